The molecule has 20 heavy (non-hydrogen) atoms. The normalized spacial score (nSPS) is 10.2. The predicted octanol–water partition coefficient (Wildman–Crippen LogP) is 2.98. The van der Waals surface area contributed by atoms with Crippen molar-refractivity contribution < 1.29 is 9.53 Å². The average Bonchev–Trinajstić information content (AvgIpc) is 2.48. The number of nitrogens with one attached hydrogen (secondary N) is 1. The molecule has 2 rings (SSSR count). The molecule has 2 aromatic rings. The molecule has 5 heteroatoms. The van der Waals surface area contributed by atoms with Crippen molar-refractivity contribution >= 4 is 17.5 Å². The van der Waals surface area contributed by atoms with Crippen LogP contribution in [-0.2, 0) is 6.54 Å². The highest BCUT2D eigenvalue weighted by Crippen LogP contribution is 2.27. The molecule has 0 radical (unpaired) electrons. The fourth-order valence-corrected chi connectivity index (χ4v) is 2.07. The average molecular weight is 291 g/mol. The van der Waals surface area contributed by atoms with E-state index < -0.39 is 0 Å². The van der Waals surface area contributed by atoms with E-state index in [0.29, 0.717) is 23.0 Å². The number of aromatic nitrogens is 1. The van der Waals surface area contributed by atoms with E-state index >= 15 is 0 Å². The first-order valence-electron chi connectivity index (χ1n) is 6.14. The molecule has 1 amide bonds. The highest BCUT2D eigenvalue weighted by molar-refractivity contribution is 6.32. The third-order valence-electron chi connectivity index (χ3n) is 2.95. The molecule has 1 heterocycles. The van der Waals surface area contributed by atoms with Crippen molar-refractivity contribution in [3.05, 3.63) is 58.4 Å². The number of pyridine rings is 1. The predicted molar refractivity (Wildman–Crippen MR) is 78.1 cm³/mol. The molecule has 0 saturated carbocycles. The Kier molecular flexibility index (Phi) is 4.58. The summed E-state index contributed by atoms with van der Waals surface area (Å²) in [6, 6.07) is 8.86. The van der Waals surface area contributed by atoms with E-state index in [1.54, 1.807) is 37.6 Å². The molecular weight excluding hydrogens is 276 g/mol. The molecule has 1 aromatic heterocycles. The minimum Gasteiger partial charge on any atom is -0.495 e. The van der Waals surface area contributed by atoms with Crippen LogP contribution in [-0.4, -0.2) is 18.0 Å². The minimum atomic E-state index is -0.211. The van der Waals surface area contributed by atoms with Crippen LogP contribution in [0.15, 0.2) is 36.5 Å². The number of amides is 1. The largest absolute Gasteiger partial charge is 0.495 e. The Hall–Kier alpha value is -2.07. The van der Waals surface area contributed by atoms with Crippen molar-refractivity contribution in [1.29, 1.82) is 0 Å². The van der Waals surface area contributed by atoms with Crippen LogP contribution in [0.2, 0.25) is 5.02 Å². The Bertz CT molecular complexity index is 615. The standard InChI is InChI=1S/C15H15ClN2O2/c1-10-7-14(20-2)12(16)8-11(10)9-18-15(19)13-5-3-4-6-17-13/h3-8H,9H2,1-2H3,(H,18,19). The van der Waals surface area contributed by atoms with Crippen molar-refractivity contribution in [3.8, 4) is 5.75 Å². The van der Waals surface area contributed by atoms with Gasteiger partial charge in [0, 0.05) is 12.7 Å². The zero-order chi connectivity index (χ0) is 14.5. The highest BCUT2D eigenvalue weighted by Gasteiger charge is 2.09. The topological polar surface area (TPSA) is 51.2 Å². The lowest BCUT2D eigenvalue weighted by Crippen LogP contribution is -2.24. The summed E-state index contributed by atoms with van der Waals surface area (Å²) in [4.78, 5) is 15.9. The van der Waals surface area contributed by atoms with Gasteiger partial charge in [-0.1, -0.05) is 17.7 Å². The first-order chi connectivity index (χ1) is 9.61. The van der Waals surface area contributed by atoms with Crippen molar-refractivity contribution in [1.82, 2.24) is 10.3 Å². The van der Waals surface area contributed by atoms with Gasteiger partial charge in [-0.25, -0.2) is 0 Å². The lowest BCUT2D eigenvalue weighted by atomic mass is 10.1. The van der Waals surface area contributed by atoms with Crippen LogP contribution in [0, 0.1) is 6.92 Å². The summed E-state index contributed by atoms with van der Waals surface area (Å²) in [7, 11) is 1.57. The van der Waals surface area contributed by atoms with Crippen LogP contribution in [0.1, 0.15) is 21.6 Å². The van der Waals surface area contributed by atoms with Crippen LogP contribution in [0.3, 0.4) is 0 Å². The number of hydrogen-bond acceptors (Lipinski definition) is 3. The molecule has 1 N–H and O–H groups in total. The molecule has 0 aliphatic carbocycles. The van der Waals surface area contributed by atoms with E-state index in [4.69, 9.17) is 16.3 Å². The van der Waals surface area contributed by atoms with Gasteiger partial charge < -0.3 is 10.1 Å². The smallest absolute Gasteiger partial charge is 0.270 e. The Morgan fingerprint density at radius 2 is 2.20 bits per heavy atom. The first-order valence-corrected chi connectivity index (χ1v) is 6.52. The molecule has 0 atom stereocenters. The zero-order valence-corrected chi connectivity index (χ0v) is 12.1. The van der Waals surface area contributed by atoms with E-state index in [2.05, 4.69) is 10.3 Å². The number of ether oxygens (including phenoxy) is 1. The molecule has 0 bridgehead atoms. The quantitative estimate of drug-likeness (QED) is 0.942. The number of nitrogens with zero attached hydrogens (tertiary/aromatic N) is 1. The van der Waals surface area contributed by atoms with Gasteiger partial charge in [-0.05, 0) is 42.3 Å². The Morgan fingerprint density at radius 3 is 2.85 bits per heavy atom. The zero-order valence-electron chi connectivity index (χ0n) is 11.3. The second-order valence-electron chi connectivity index (χ2n) is 4.31. The van der Waals surface area contributed by atoms with E-state index in [1.165, 1.54) is 0 Å². The van der Waals surface area contributed by atoms with Gasteiger partial charge in [0.05, 0.1) is 12.1 Å². The van der Waals surface area contributed by atoms with Crippen LogP contribution >= 0.6 is 11.6 Å². The van der Waals surface area contributed by atoms with E-state index in [1.807, 2.05) is 13.0 Å². The van der Waals surface area contributed by atoms with Crippen LogP contribution in [0.4, 0.5) is 0 Å². The van der Waals surface area contributed by atoms with Crippen LogP contribution in [0.5, 0.6) is 5.75 Å². The molecule has 0 aliphatic heterocycles. The van der Waals surface area contributed by atoms with Crippen LogP contribution < -0.4 is 10.1 Å². The number of methoxy groups -OCH3 is 1. The summed E-state index contributed by atoms with van der Waals surface area (Å²) >= 11 is 6.08. The fourth-order valence-electron chi connectivity index (χ4n) is 1.81. The van der Waals surface area contributed by atoms with E-state index in [0.717, 1.165) is 11.1 Å². The first kappa shape index (κ1) is 14.3. The van der Waals surface area contributed by atoms with Gasteiger partial charge in [-0.15, -0.1) is 0 Å². The SMILES string of the molecule is COc1cc(C)c(CNC(=O)c2ccccn2)cc1Cl. The van der Waals surface area contributed by atoms with Crippen molar-refractivity contribution in [3.63, 3.8) is 0 Å². The number of halogens is 1. The Morgan fingerprint density at radius 1 is 1.40 bits per heavy atom. The summed E-state index contributed by atoms with van der Waals surface area (Å²) in [6.45, 7) is 2.34. The third kappa shape index (κ3) is 3.27. The van der Waals surface area contributed by atoms with Crippen molar-refractivity contribution in [2.24, 2.45) is 0 Å². The van der Waals surface area contributed by atoms with E-state index in [9.17, 15) is 4.79 Å². The second-order valence-corrected chi connectivity index (χ2v) is 4.72. The number of carbonyl (C=O) groups is 1. The number of carbonyl (C=O) groups excluding carboxylic acids is 1. The summed E-state index contributed by atoms with van der Waals surface area (Å²) in [6.07, 6.45) is 1.59. The highest BCUT2D eigenvalue weighted by atomic mass is 35.5. The second kappa shape index (κ2) is 6.39. The van der Waals surface area contributed by atoms with Crippen molar-refractivity contribution in [2.75, 3.05) is 7.11 Å². The maximum absolute atomic E-state index is 11.9. The van der Waals surface area contributed by atoms with Gasteiger partial charge in [-0.3, -0.25) is 9.78 Å². The fraction of sp³-hybridized carbons (Fsp3) is 0.200. The van der Waals surface area contributed by atoms with Crippen LogP contribution in [0.25, 0.3) is 0 Å². The number of hydrogen-bond donors (Lipinski definition) is 1. The summed E-state index contributed by atoms with van der Waals surface area (Å²) in [5.74, 6) is 0.418. The van der Waals surface area contributed by atoms with Gasteiger partial charge in [-0.2, -0.15) is 0 Å². The van der Waals surface area contributed by atoms with Gasteiger partial charge in [0.15, 0.2) is 0 Å². The number of benzene rings is 1. The molecule has 0 spiro atoms. The summed E-state index contributed by atoms with van der Waals surface area (Å²) in [5, 5.41) is 3.35. The van der Waals surface area contributed by atoms with Gasteiger partial charge in [0.2, 0.25) is 0 Å². The molecule has 0 unspecified atom stereocenters. The van der Waals surface area contributed by atoms with Crippen molar-refractivity contribution in [2.45, 2.75) is 13.5 Å². The van der Waals surface area contributed by atoms with Gasteiger partial charge in [0.1, 0.15) is 11.4 Å². The Balaban J connectivity index is 2.08. The number of aryl methyl sites for hydroxylation is 1. The summed E-state index contributed by atoms with van der Waals surface area (Å²) < 4.78 is 5.15. The molecule has 0 aliphatic rings. The maximum Gasteiger partial charge on any atom is 0.270 e. The number of rotatable bonds is 4. The molecule has 4 nitrogen and oxygen atoms in total. The molecule has 1 aromatic carbocycles. The summed E-state index contributed by atoms with van der Waals surface area (Å²) in [5.41, 5.74) is 2.34. The minimum absolute atomic E-state index is 0.211. The van der Waals surface area contributed by atoms with Gasteiger partial charge >= 0.3 is 0 Å². The molecular formula is C15H15ClN2O2. The molecule has 0 saturated heterocycles. The molecule has 0 fully saturated rings. The van der Waals surface area contributed by atoms with Gasteiger partial charge in [0.25, 0.3) is 5.91 Å². The lowest BCUT2D eigenvalue weighted by Gasteiger charge is -2.11. The lowest BCUT2D eigenvalue weighted by molar-refractivity contribution is 0.0946. The monoisotopic (exact) mass is 290 g/mol. The van der Waals surface area contributed by atoms with E-state index in [-0.39, 0.29) is 5.91 Å². The maximum atomic E-state index is 11.9. The molecule has 104 valence electrons. The Labute approximate surface area is 122 Å². The third-order valence-corrected chi connectivity index (χ3v) is 3.24.